The lowest BCUT2D eigenvalue weighted by molar-refractivity contribution is -0.614. The molecule has 8 heteroatoms. The van der Waals surface area contributed by atoms with Crippen molar-refractivity contribution in [3.05, 3.63) is 75.4 Å². The van der Waals surface area contributed by atoms with E-state index < -0.39 is 11.7 Å². The van der Waals surface area contributed by atoms with E-state index in [4.69, 9.17) is 11.6 Å². The summed E-state index contributed by atoms with van der Waals surface area (Å²) in [5, 5.41) is 16.5. The number of halogens is 2. The van der Waals surface area contributed by atoms with Gasteiger partial charge in [0.15, 0.2) is 6.20 Å². The zero-order valence-corrected chi connectivity index (χ0v) is 13.8. The van der Waals surface area contributed by atoms with Crippen LogP contribution in [0.3, 0.4) is 0 Å². The Morgan fingerprint density at radius 3 is 2.96 bits per heavy atom. The van der Waals surface area contributed by atoms with E-state index in [2.05, 4.69) is 10.3 Å². The van der Waals surface area contributed by atoms with Crippen LogP contribution in [0.5, 0.6) is 0 Å². The van der Waals surface area contributed by atoms with Crippen molar-refractivity contribution < 1.29 is 13.9 Å². The lowest BCUT2D eigenvalue weighted by Gasteiger charge is -2.04. The molecular formula is C16H11ClFN3O2S. The average molecular weight is 364 g/mol. The Hall–Kier alpha value is -2.51. The van der Waals surface area contributed by atoms with E-state index in [1.807, 2.05) is 0 Å². The minimum absolute atomic E-state index is 0.0851. The molecule has 0 bridgehead atoms. The number of hydrogen-bond donors (Lipinski definition) is 1. The predicted molar refractivity (Wildman–Crippen MR) is 89.1 cm³/mol. The van der Waals surface area contributed by atoms with E-state index >= 15 is 0 Å². The number of aromatic nitrogens is 2. The summed E-state index contributed by atoms with van der Waals surface area (Å²) in [5.41, 5.74) is 1.12. The predicted octanol–water partition coefficient (Wildman–Crippen LogP) is 3.17. The van der Waals surface area contributed by atoms with Crippen LogP contribution in [0.1, 0.15) is 16.2 Å². The molecule has 1 N–H and O–H groups in total. The fourth-order valence-corrected chi connectivity index (χ4v) is 3.06. The van der Waals surface area contributed by atoms with Crippen LogP contribution in [0.2, 0.25) is 5.02 Å². The smallest absolute Gasteiger partial charge is 0.271 e. The number of rotatable bonds is 4. The van der Waals surface area contributed by atoms with Crippen molar-refractivity contribution >= 4 is 28.8 Å². The van der Waals surface area contributed by atoms with Gasteiger partial charge in [0, 0.05) is 28.1 Å². The molecule has 0 radical (unpaired) electrons. The monoisotopic (exact) mass is 363 g/mol. The topological polar surface area (TPSA) is 68.9 Å². The summed E-state index contributed by atoms with van der Waals surface area (Å²) in [6.07, 6.45) is 1.36. The molecule has 0 saturated heterocycles. The molecule has 2 heterocycles. The van der Waals surface area contributed by atoms with Crippen molar-refractivity contribution in [1.29, 1.82) is 0 Å². The molecule has 0 aliphatic carbocycles. The summed E-state index contributed by atoms with van der Waals surface area (Å²) in [6.45, 7) is 0.0851. The Morgan fingerprint density at radius 2 is 2.21 bits per heavy atom. The van der Waals surface area contributed by atoms with Crippen molar-refractivity contribution in [3.63, 3.8) is 0 Å². The van der Waals surface area contributed by atoms with Crippen LogP contribution in [0.25, 0.3) is 10.6 Å². The van der Waals surface area contributed by atoms with Gasteiger partial charge in [0.05, 0.1) is 0 Å². The molecule has 0 spiro atoms. The molecule has 0 aliphatic heterocycles. The second kappa shape index (κ2) is 6.94. The fraction of sp³-hybridized carbons (Fsp3) is 0.0625. The summed E-state index contributed by atoms with van der Waals surface area (Å²) in [6, 6.07) is 9.02. The zero-order chi connectivity index (χ0) is 17.1. The van der Waals surface area contributed by atoms with Gasteiger partial charge in [-0.1, -0.05) is 11.6 Å². The summed E-state index contributed by atoms with van der Waals surface area (Å²) in [7, 11) is 0. The number of hydrogen-bond acceptors (Lipinski definition) is 4. The molecule has 2 aromatic heterocycles. The quantitative estimate of drug-likeness (QED) is 0.572. The lowest BCUT2D eigenvalue weighted by Crippen LogP contribution is -2.35. The maximum atomic E-state index is 13.4. The van der Waals surface area contributed by atoms with E-state index in [-0.39, 0.29) is 17.3 Å². The van der Waals surface area contributed by atoms with Crippen molar-refractivity contribution in [2.75, 3.05) is 0 Å². The van der Waals surface area contributed by atoms with Gasteiger partial charge < -0.3 is 10.5 Å². The van der Waals surface area contributed by atoms with Crippen LogP contribution < -0.4 is 10.0 Å². The number of pyridine rings is 1. The third kappa shape index (κ3) is 3.69. The Balaban J connectivity index is 1.73. The summed E-state index contributed by atoms with van der Waals surface area (Å²) < 4.78 is 14.1. The van der Waals surface area contributed by atoms with Gasteiger partial charge in [0.2, 0.25) is 5.69 Å². The molecule has 0 saturated carbocycles. The minimum Gasteiger partial charge on any atom is -0.618 e. The van der Waals surface area contributed by atoms with E-state index in [1.54, 1.807) is 29.6 Å². The molecular weight excluding hydrogens is 353 g/mol. The Bertz CT molecular complexity index is 880. The van der Waals surface area contributed by atoms with Gasteiger partial charge in [-0.3, -0.25) is 4.79 Å². The van der Waals surface area contributed by atoms with Crippen molar-refractivity contribution in [3.8, 4) is 10.6 Å². The Kier molecular flexibility index (Phi) is 4.73. The number of nitrogens with one attached hydrogen (secondary N) is 1. The summed E-state index contributed by atoms with van der Waals surface area (Å²) in [4.78, 5) is 16.3. The zero-order valence-electron chi connectivity index (χ0n) is 12.2. The number of amides is 1. The highest BCUT2D eigenvalue weighted by atomic mass is 35.5. The van der Waals surface area contributed by atoms with Crippen LogP contribution in [0.15, 0.2) is 48.0 Å². The SMILES string of the molecule is O=C(NCc1cccc[n+]1[O-])c1csc(-c2cc(F)cc(Cl)c2)n1. The third-order valence-corrected chi connectivity index (χ3v) is 4.29. The van der Waals surface area contributed by atoms with Crippen molar-refractivity contribution in [1.82, 2.24) is 10.3 Å². The first-order valence-electron chi connectivity index (χ1n) is 6.90. The first-order chi connectivity index (χ1) is 11.5. The highest BCUT2D eigenvalue weighted by molar-refractivity contribution is 7.13. The largest absolute Gasteiger partial charge is 0.618 e. The number of benzene rings is 1. The molecule has 0 unspecified atom stereocenters. The summed E-state index contributed by atoms with van der Waals surface area (Å²) >= 11 is 7.04. The molecule has 122 valence electrons. The molecule has 1 amide bonds. The number of nitrogens with zero attached hydrogens (tertiary/aromatic N) is 2. The second-order valence-corrected chi connectivity index (χ2v) is 6.19. The van der Waals surface area contributed by atoms with Crippen LogP contribution in [0.4, 0.5) is 4.39 Å². The first-order valence-corrected chi connectivity index (χ1v) is 8.16. The van der Waals surface area contributed by atoms with Gasteiger partial charge in [-0.05, 0) is 24.3 Å². The normalized spacial score (nSPS) is 10.6. The molecule has 0 aliphatic rings. The van der Waals surface area contributed by atoms with Gasteiger partial charge in [-0.2, -0.15) is 4.73 Å². The van der Waals surface area contributed by atoms with Gasteiger partial charge in [0.1, 0.15) is 23.1 Å². The fourth-order valence-electron chi connectivity index (χ4n) is 2.05. The van der Waals surface area contributed by atoms with Gasteiger partial charge >= 0.3 is 0 Å². The third-order valence-electron chi connectivity index (χ3n) is 3.18. The van der Waals surface area contributed by atoms with E-state index in [0.29, 0.717) is 21.0 Å². The first kappa shape index (κ1) is 16.4. The maximum absolute atomic E-state index is 13.4. The molecule has 0 fully saturated rings. The lowest BCUT2D eigenvalue weighted by atomic mass is 10.2. The number of thiazole rings is 1. The van der Waals surface area contributed by atoms with E-state index in [9.17, 15) is 14.4 Å². The summed E-state index contributed by atoms with van der Waals surface area (Å²) in [5.74, 6) is -0.883. The number of carbonyl (C=O) groups excluding carboxylic acids is 1. The van der Waals surface area contributed by atoms with E-state index in [1.165, 1.54) is 29.7 Å². The minimum atomic E-state index is -0.470. The van der Waals surface area contributed by atoms with Gasteiger partial charge in [-0.15, -0.1) is 11.3 Å². The van der Waals surface area contributed by atoms with Gasteiger partial charge in [-0.25, -0.2) is 9.37 Å². The van der Waals surface area contributed by atoms with E-state index in [0.717, 1.165) is 0 Å². The number of carbonyl (C=O) groups is 1. The molecule has 5 nitrogen and oxygen atoms in total. The second-order valence-electron chi connectivity index (χ2n) is 4.90. The maximum Gasteiger partial charge on any atom is 0.271 e. The highest BCUT2D eigenvalue weighted by Crippen LogP contribution is 2.27. The van der Waals surface area contributed by atoms with Crippen LogP contribution in [-0.4, -0.2) is 10.9 Å². The Morgan fingerprint density at radius 1 is 1.38 bits per heavy atom. The Labute approximate surface area is 145 Å². The van der Waals surface area contributed by atoms with Crippen molar-refractivity contribution in [2.45, 2.75) is 6.54 Å². The molecule has 0 atom stereocenters. The standard InChI is InChI=1S/C16H11ClFN3O2S/c17-11-5-10(6-12(18)7-11)16-20-14(9-24-16)15(22)19-8-13-3-1-2-4-21(13)23/h1-7,9H,8H2,(H,19,22). The molecule has 3 aromatic rings. The molecule has 24 heavy (non-hydrogen) atoms. The van der Waals surface area contributed by atoms with Crippen LogP contribution in [0, 0.1) is 11.0 Å². The van der Waals surface area contributed by atoms with Crippen LogP contribution >= 0.6 is 22.9 Å². The van der Waals surface area contributed by atoms with Gasteiger partial charge in [0.25, 0.3) is 5.91 Å². The average Bonchev–Trinajstić information content (AvgIpc) is 3.03. The van der Waals surface area contributed by atoms with Crippen LogP contribution in [-0.2, 0) is 6.54 Å². The molecule has 1 aromatic carbocycles. The highest BCUT2D eigenvalue weighted by Gasteiger charge is 2.14. The van der Waals surface area contributed by atoms with Crippen molar-refractivity contribution in [2.24, 2.45) is 0 Å². The molecule has 3 rings (SSSR count).